The van der Waals surface area contributed by atoms with Crippen molar-refractivity contribution in [3.05, 3.63) is 94.9 Å². The van der Waals surface area contributed by atoms with Crippen molar-refractivity contribution in [2.45, 2.75) is 13.1 Å². The van der Waals surface area contributed by atoms with E-state index in [9.17, 15) is 13.6 Å². The van der Waals surface area contributed by atoms with Crippen molar-refractivity contribution >= 4 is 39.8 Å². The van der Waals surface area contributed by atoms with Crippen LogP contribution in [0.2, 0.25) is 0 Å². The third kappa shape index (κ3) is 4.96. The number of fused-ring (bicyclic) bond motifs is 1. The van der Waals surface area contributed by atoms with E-state index in [-0.39, 0.29) is 6.54 Å². The van der Waals surface area contributed by atoms with Crippen molar-refractivity contribution in [1.82, 2.24) is 25.3 Å². The summed E-state index contributed by atoms with van der Waals surface area (Å²) in [5.41, 5.74) is 8.41. The van der Waals surface area contributed by atoms with Gasteiger partial charge in [-0.2, -0.15) is 0 Å². The lowest BCUT2D eigenvalue weighted by Crippen LogP contribution is -2.24. The summed E-state index contributed by atoms with van der Waals surface area (Å²) in [6, 6.07) is 12.5. The third-order valence-corrected chi connectivity index (χ3v) is 6.43. The van der Waals surface area contributed by atoms with Crippen LogP contribution in [-0.2, 0) is 13.1 Å². The summed E-state index contributed by atoms with van der Waals surface area (Å²) in [6.45, 7) is 0.445. The van der Waals surface area contributed by atoms with Gasteiger partial charge in [0.1, 0.15) is 23.0 Å². The van der Waals surface area contributed by atoms with Crippen LogP contribution in [-0.4, -0.2) is 25.8 Å². The molecule has 0 unspecified atom stereocenters. The number of halogens is 2. The first-order valence-corrected chi connectivity index (χ1v) is 11.7. The van der Waals surface area contributed by atoms with Gasteiger partial charge in [0.2, 0.25) is 0 Å². The number of thiazole rings is 1. The van der Waals surface area contributed by atoms with Gasteiger partial charge < -0.3 is 16.4 Å². The van der Waals surface area contributed by atoms with E-state index in [1.54, 1.807) is 24.5 Å². The van der Waals surface area contributed by atoms with E-state index in [4.69, 9.17) is 5.73 Å². The Morgan fingerprint density at radius 1 is 0.972 bits per heavy atom. The number of anilines is 2. The minimum atomic E-state index is -0.963. The Hall–Kier alpha value is -4.51. The average Bonchev–Trinajstić information content (AvgIpc) is 3.37. The third-order valence-electron chi connectivity index (χ3n) is 5.39. The minimum Gasteiger partial charge on any atom is -0.383 e. The fourth-order valence-electron chi connectivity index (χ4n) is 3.56. The second-order valence-corrected chi connectivity index (χ2v) is 8.92. The normalized spacial score (nSPS) is 10.9. The van der Waals surface area contributed by atoms with Crippen LogP contribution in [0.1, 0.15) is 20.8 Å². The highest BCUT2D eigenvalue weighted by molar-refractivity contribution is 7.15. The number of nitrogens with two attached hydrogens (primary N) is 1. The van der Waals surface area contributed by atoms with Crippen molar-refractivity contribution in [2.24, 2.45) is 0 Å². The molecule has 11 heteroatoms. The summed E-state index contributed by atoms with van der Waals surface area (Å²) in [5.74, 6) is -1.49. The zero-order valence-electron chi connectivity index (χ0n) is 18.7. The van der Waals surface area contributed by atoms with Gasteiger partial charge in [-0.05, 0) is 48.0 Å². The topological polar surface area (TPSA) is 119 Å². The minimum absolute atomic E-state index is 0.0455. The Kier molecular flexibility index (Phi) is 6.46. The first kappa shape index (κ1) is 23.2. The molecule has 2 aromatic carbocycles. The first-order valence-electron chi connectivity index (χ1n) is 10.8. The standard InChI is InChI=1S/C25H19F2N7OS/c26-19-5-3-14(8-20(19)27)10-31-24(35)17-2-1-7-29-23(17)30-11-16-12-32-25(36-16)15-4-6-21-18(9-15)22(28)34-13-33-21/h1-9,12-13H,10-11H2,(H,29,30)(H,31,35)(H2,28,33,34). The number of amides is 1. The predicted molar refractivity (Wildman–Crippen MR) is 134 cm³/mol. The van der Waals surface area contributed by atoms with Crippen molar-refractivity contribution in [1.29, 1.82) is 0 Å². The van der Waals surface area contributed by atoms with Crippen LogP contribution < -0.4 is 16.4 Å². The zero-order valence-corrected chi connectivity index (χ0v) is 19.5. The number of pyridine rings is 1. The molecule has 0 fully saturated rings. The van der Waals surface area contributed by atoms with Crippen LogP contribution in [0.25, 0.3) is 21.5 Å². The molecular formula is C25H19F2N7OS. The van der Waals surface area contributed by atoms with Crippen LogP contribution in [0.5, 0.6) is 0 Å². The number of rotatable bonds is 7. The maximum Gasteiger partial charge on any atom is 0.255 e. The molecule has 8 nitrogen and oxygen atoms in total. The number of nitrogens with zero attached hydrogens (tertiary/aromatic N) is 4. The molecule has 0 bridgehead atoms. The summed E-state index contributed by atoms with van der Waals surface area (Å²) in [4.78, 5) is 30.7. The molecule has 36 heavy (non-hydrogen) atoms. The molecule has 0 aliphatic heterocycles. The lowest BCUT2D eigenvalue weighted by Gasteiger charge is -2.11. The highest BCUT2D eigenvalue weighted by Gasteiger charge is 2.14. The fraction of sp³-hybridized carbons (Fsp3) is 0.0800. The average molecular weight is 504 g/mol. The number of hydrogen-bond acceptors (Lipinski definition) is 8. The lowest BCUT2D eigenvalue weighted by molar-refractivity contribution is 0.0951. The van der Waals surface area contributed by atoms with Gasteiger partial charge in [0.05, 0.1) is 17.6 Å². The number of aromatic nitrogens is 4. The molecule has 0 aliphatic carbocycles. The predicted octanol–water partition coefficient (Wildman–Crippen LogP) is 4.55. The number of nitrogens with one attached hydrogen (secondary N) is 2. The smallest absolute Gasteiger partial charge is 0.255 e. The molecule has 4 N–H and O–H groups in total. The van der Waals surface area contributed by atoms with Gasteiger partial charge in [-0.15, -0.1) is 11.3 Å². The molecule has 0 saturated carbocycles. The molecule has 0 atom stereocenters. The Labute approximate surface area is 208 Å². The van der Waals surface area contributed by atoms with E-state index < -0.39 is 17.5 Å². The summed E-state index contributed by atoms with van der Waals surface area (Å²) >= 11 is 1.49. The van der Waals surface area contributed by atoms with Gasteiger partial charge in [0, 0.05) is 34.8 Å². The molecule has 180 valence electrons. The zero-order chi connectivity index (χ0) is 25.1. The lowest BCUT2D eigenvalue weighted by atomic mass is 10.1. The van der Waals surface area contributed by atoms with Crippen LogP contribution in [0.3, 0.4) is 0 Å². The van der Waals surface area contributed by atoms with Crippen molar-refractivity contribution in [3.8, 4) is 10.6 Å². The molecule has 0 spiro atoms. The monoisotopic (exact) mass is 503 g/mol. The Morgan fingerprint density at radius 3 is 2.72 bits per heavy atom. The van der Waals surface area contributed by atoms with Crippen molar-refractivity contribution in [2.75, 3.05) is 11.1 Å². The summed E-state index contributed by atoms with van der Waals surface area (Å²) in [5, 5.41) is 7.45. The first-order chi connectivity index (χ1) is 17.5. The van der Waals surface area contributed by atoms with Gasteiger partial charge in [-0.1, -0.05) is 6.07 Å². The van der Waals surface area contributed by atoms with Crippen LogP contribution in [0.15, 0.2) is 67.3 Å². The number of benzene rings is 2. The van der Waals surface area contributed by atoms with Gasteiger partial charge >= 0.3 is 0 Å². The molecule has 5 aromatic rings. The van der Waals surface area contributed by atoms with Crippen LogP contribution >= 0.6 is 11.3 Å². The van der Waals surface area contributed by atoms with Crippen molar-refractivity contribution in [3.63, 3.8) is 0 Å². The largest absolute Gasteiger partial charge is 0.383 e. The molecule has 0 radical (unpaired) electrons. The molecule has 1 amide bonds. The maximum absolute atomic E-state index is 13.4. The fourth-order valence-corrected chi connectivity index (χ4v) is 4.41. The number of carbonyl (C=O) groups excluding carboxylic acids is 1. The molecule has 5 rings (SSSR count). The van der Waals surface area contributed by atoms with E-state index in [1.807, 2.05) is 18.2 Å². The molecule has 0 aliphatic rings. The highest BCUT2D eigenvalue weighted by atomic mass is 32.1. The molecular weight excluding hydrogens is 484 g/mol. The van der Waals surface area contributed by atoms with Crippen LogP contribution in [0.4, 0.5) is 20.4 Å². The maximum atomic E-state index is 13.4. The number of carbonyl (C=O) groups is 1. The highest BCUT2D eigenvalue weighted by Crippen LogP contribution is 2.29. The van der Waals surface area contributed by atoms with Gasteiger partial charge in [-0.25, -0.2) is 28.7 Å². The van der Waals surface area contributed by atoms with Crippen LogP contribution in [0, 0.1) is 11.6 Å². The van der Waals surface area contributed by atoms with Gasteiger partial charge in [0.25, 0.3) is 5.91 Å². The molecule has 3 aromatic heterocycles. The second-order valence-electron chi connectivity index (χ2n) is 7.81. The SMILES string of the molecule is Nc1ncnc2ccc(-c3ncc(CNc4ncccc4C(=O)NCc4ccc(F)c(F)c4)s3)cc12. The second kappa shape index (κ2) is 10.0. The quantitative estimate of drug-likeness (QED) is 0.298. The summed E-state index contributed by atoms with van der Waals surface area (Å²) < 4.78 is 26.5. The van der Waals surface area contributed by atoms with Crippen molar-refractivity contribution < 1.29 is 13.6 Å². The Balaban J connectivity index is 1.26. The van der Waals surface area contributed by atoms with E-state index in [2.05, 4.69) is 30.6 Å². The van der Waals surface area contributed by atoms with E-state index in [0.29, 0.717) is 29.3 Å². The number of nitrogen functional groups attached to an aromatic ring is 1. The Bertz CT molecular complexity index is 1570. The van der Waals surface area contributed by atoms with E-state index >= 15 is 0 Å². The van der Waals surface area contributed by atoms with Gasteiger partial charge in [0.15, 0.2) is 11.6 Å². The Morgan fingerprint density at radius 2 is 1.86 bits per heavy atom. The number of hydrogen-bond donors (Lipinski definition) is 3. The summed E-state index contributed by atoms with van der Waals surface area (Å²) in [6.07, 6.45) is 4.77. The van der Waals surface area contributed by atoms with Gasteiger partial charge in [-0.3, -0.25) is 4.79 Å². The molecule has 3 heterocycles. The van der Waals surface area contributed by atoms with E-state index in [0.717, 1.165) is 38.5 Å². The molecule has 0 saturated heterocycles. The summed E-state index contributed by atoms with van der Waals surface area (Å²) in [7, 11) is 0. The van der Waals surface area contributed by atoms with E-state index in [1.165, 1.54) is 23.7 Å².